The Labute approximate surface area is 138 Å². The number of benzene rings is 1. The second kappa shape index (κ2) is 7.24. The zero-order valence-corrected chi connectivity index (χ0v) is 14.5. The van der Waals surface area contributed by atoms with E-state index < -0.39 is 0 Å². The summed E-state index contributed by atoms with van der Waals surface area (Å²) in [5, 5.41) is 3.86. The van der Waals surface area contributed by atoms with Crippen LogP contribution in [0.2, 0.25) is 0 Å². The molecule has 22 heavy (non-hydrogen) atoms. The average molecular weight is 321 g/mol. The molecule has 0 amide bonds. The minimum Gasteiger partial charge on any atom is -0.497 e. The molecule has 0 bridgehead atoms. The fourth-order valence-corrected chi connectivity index (χ4v) is 4.44. The fraction of sp³-hybridized carbons (Fsp3) is 0.667. The molecule has 1 aliphatic heterocycles. The lowest BCUT2D eigenvalue weighted by atomic mass is 9.87. The van der Waals surface area contributed by atoms with E-state index in [2.05, 4.69) is 29.8 Å². The van der Waals surface area contributed by atoms with Crippen LogP contribution < -0.4 is 10.1 Å². The summed E-state index contributed by atoms with van der Waals surface area (Å²) >= 11 is 2.01. The number of hydrogen-bond donors (Lipinski definition) is 1. The Hall–Kier alpha value is -0.710. The molecule has 0 saturated carbocycles. The summed E-state index contributed by atoms with van der Waals surface area (Å²) in [6.45, 7) is 2.88. The minimum absolute atomic E-state index is 0.350. The maximum atomic E-state index is 5.55. The molecule has 1 aliphatic carbocycles. The van der Waals surface area contributed by atoms with Crippen molar-refractivity contribution in [2.24, 2.45) is 0 Å². The molecule has 0 spiro atoms. The largest absolute Gasteiger partial charge is 0.497 e. The van der Waals surface area contributed by atoms with Crippen LogP contribution in [0.4, 0.5) is 0 Å². The Balaban J connectivity index is 1.69. The van der Waals surface area contributed by atoms with E-state index in [1.54, 1.807) is 7.11 Å². The van der Waals surface area contributed by atoms with E-state index in [1.165, 1.54) is 30.4 Å². The normalized spacial score (nSPS) is 23.8. The summed E-state index contributed by atoms with van der Waals surface area (Å²) in [7, 11) is 1.74. The lowest BCUT2D eigenvalue weighted by Gasteiger charge is -2.38. The Morgan fingerprint density at radius 1 is 1.36 bits per heavy atom. The van der Waals surface area contributed by atoms with E-state index in [4.69, 9.17) is 9.47 Å². The Bertz CT molecular complexity index is 500. The molecule has 1 fully saturated rings. The number of ether oxygens (including phenoxy) is 2. The van der Waals surface area contributed by atoms with Gasteiger partial charge in [-0.15, -0.1) is 0 Å². The Morgan fingerprint density at radius 2 is 2.18 bits per heavy atom. The van der Waals surface area contributed by atoms with Gasteiger partial charge in [0.1, 0.15) is 5.75 Å². The van der Waals surface area contributed by atoms with Gasteiger partial charge in [-0.2, -0.15) is 11.8 Å². The number of fused-ring (bicyclic) bond motifs is 1. The lowest BCUT2D eigenvalue weighted by molar-refractivity contribution is 0.0763. The van der Waals surface area contributed by atoms with Gasteiger partial charge in [0.2, 0.25) is 0 Å². The number of hydrogen-bond acceptors (Lipinski definition) is 4. The molecule has 1 heterocycles. The molecular formula is C18H27NO2S. The zero-order chi connectivity index (χ0) is 15.4. The SMILES string of the molecule is COc1ccc2c(c1)CCC[C@H]2NCC1(SC)CCOCC1. The molecule has 0 radical (unpaired) electrons. The van der Waals surface area contributed by atoms with Crippen LogP contribution in [0.5, 0.6) is 5.75 Å². The predicted octanol–water partition coefficient (Wildman–Crippen LogP) is 3.57. The van der Waals surface area contributed by atoms with Crippen molar-refractivity contribution in [1.82, 2.24) is 5.32 Å². The van der Waals surface area contributed by atoms with Crippen LogP contribution in [0, 0.1) is 0 Å². The van der Waals surface area contributed by atoms with Gasteiger partial charge in [-0.05, 0) is 61.6 Å². The van der Waals surface area contributed by atoms with E-state index in [9.17, 15) is 0 Å². The molecule has 0 aromatic heterocycles. The van der Waals surface area contributed by atoms with Crippen molar-refractivity contribution in [1.29, 1.82) is 0 Å². The number of nitrogens with one attached hydrogen (secondary N) is 1. The fourth-order valence-electron chi connectivity index (χ4n) is 3.64. The highest BCUT2D eigenvalue weighted by Gasteiger charge is 2.33. The van der Waals surface area contributed by atoms with Gasteiger partial charge in [0, 0.05) is 30.5 Å². The van der Waals surface area contributed by atoms with Crippen LogP contribution in [0.3, 0.4) is 0 Å². The molecule has 4 heteroatoms. The summed E-state index contributed by atoms with van der Waals surface area (Å²) in [4.78, 5) is 0. The molecule has 1 atom stereocenters. The third kappa shape index (κ3) is 3.44. The standard InChI is InChI=1S/C18H27NO2S/c1-20-15-6-7-16-14(12-15)4-3-5-17(16)19-13-18(22-2)8-10-21-11-9-18/h6-7,12,17,19H,3-5,8-11,13H2,1-2H3/t17-/m1/s1. The molecule has 1 aromatic rings. The van der Waals surface area contributed by atoms with Crippen molar-refractivity contribution in [2.45, 2.75) is 42.9 Å². The Kier molecular flexibility index (Phi) is 5.32. The summed E-state index contributed by atoms with van der Waals surface area (Å²) < 4.78 is 11.3. The van der Waals surface area contributed by atoms with Crippen molar-refractivity contribution in [3.05, 3.63) is 29.3 Å². The summed E-state index contributed by atoms with van der Waals surface area (Å²) in [6.07, 6.45) is 8.22. The first-order valence-corrected chi connectivity index (χ1v) is 9.52. The van der Waals surface area contributed by atoms with E-state index in [0.717, 1.165) is 38.3 Å². The van der Waals surface area contributed by atoms with E-state index >= 15 is 0 Å². The summed E-state index contributed by atoms with van der Waals surface area (Å²) in [5.74, 6) is 0.976. The molecule has 2 aliphatic rings. The molecule has 1 aromatic carbocycles. The van der Waals surface area contributed by atoms with E-state index in [0.29, 0.717) is 10.8 Å². The van der Waals surface area contributed by atoms with Crippen LogP contribution in [0.1, 0.15) is 42.9 Å². The first kappa shape index (κ1) is 16.2. The number of thioether (sulfide) groups is 1. The molecule has 0 unspecified atom stereocenters. The highest BCUT2D eigenvalue weighted by molar-refractivity contribution is 8.00. The second-order valence-electron chi connectivity index (χ2n) is 6.39. The number of aryl methyl sites for hydroxylation is 1. The van der Waals surface area contributed by atoms with Gasteiger partial charge in [-0.1, -0.05) is 6.07 Å². The van der Waals surface area contributed by atoms with Gasteiger partial charge in [-0.3, -0.25) is 0 Å². The topological polar surface area (TPSA) is 30.5 Å². The predicted molar refractivity (Wildman–Crippen MR) is 93.0 cm³/mol. The second-order valence-corrected chi connectivity index (χ2v) is 7.66. The zero-order valence-electron chi connectivity index (χ0n) is 13.7. The van der Waals surface area contributed by atoms with Gasteiger partial charge in [0.05, 0.1) is 7.11 Å². The van der Waals surface area contributed by atoms with Crippen molar-refractivity contribution < 1.29 is 9.47 Å². The van der Waals surface area contributed by atoms with Crippen molar-refractivity contribution in [3.63, 3.8) is 0 Å². The van der Waals surface area contributed by atoms with Crippen LogP contribution >= 0.6 is 11.8 Å². The maximum Gasteiger partial charge on any atom is 0.119 e. The molecule has 1 saturated heterocycles. The average Bonchev–Trinajstić information content (AvgIpc) is 2.60. The molecule has 122 valence electrons. The molecule has 1 N–H and O–H groups in total. The van der Waals surface area contributed by atoms with Crippen LogP contribution in [0.15, 0.2) is 18.2 Å². The highest BCUT2D eigenvalue weighted by atomic mass is 32.2. The van der Waals surface area contributed by atoms with E-state index in [-0.39, 0.29) is 0 Å². The van der Waals surface area contributed by atoms with Gasteiger partial charge >= 0.3 is 0 Å². The van der Waals surface area contributed by atoms with Crippen molar-refractivity contribution >= 4 is 11.8 Å². The van der Waals surface area contributed by atoms with Crippen molar-refractivity contribution in [2.75, 3.05) is 33.1 Å². The molecule has 3 rings (SSSR count). The molecular weight excluding hydrogens is 294 g/mol. The number of rotatable bonds is 5. The first-order chi connectivity index (χ1) is 10.8. The van der Waals surface area contributed by atoms with Crippen molar-refractivity contribution in [3.8, 4) is 5.75 Å². The van der Waals surface area contributed by atoms with E-state index in [1.807, 2.05) is 11.8 Å². The maximum absolute atomic E-state index is 5.55. The lowest BCUT2D eigenvalue weighted by Crippen LogP contribution is -2.43. The smallest absolute Gasteiger partial charge is 0.119 e. The van der Waals surface area contributed by atoms with Gasteiger partial charge in [0.15, 0.2) is 0 Å². The summed E-state index contributed by atoms with van der Waals surface area (Å²) in [6, 6.07) is 7.04. The van der Waals surface area contributed by atoms with Gasteiger partial charge in [0.25, 0.3) is 0 Å². The molecule has 3 nitrogen and oxygen atoms in total. The highest BCUT2D eigenvalue weighted by Crippen LogP contribution is 2.36. The third-order valence-corrected chi connectivity index (χ3v) is 6.59. The van der Waals surface area contributed by atoms with Crippen LogP contribution in [-0.2, 0) is 11.2 Å². The quantitative estimate of drug-likeness (QED) is 0.898. The first-order valence-electron chi connectivity index (χ1n) is 8.29. The Morgan fingerprint density at radius 3 is 2.91 bits per heavy atom. The monoisotopic (exact) mass is 321 g/mol. The number of methoxy groups -OCH3 is 1. The minimum atomic E-state index is 0.350. The van der Waals surface area contributed by atoms with Crippen LogP contribution in [-0.4, -0.2) is 37.9 Å². The summed E-state index contributed by atoms with van der Waals surface area (Å²) in [5.41, 5.74) is 2.92. The van der Waals surface area contributed by atoms with Gasteiger partial charge < -0.3 is 14.8 Å². The van der Waals surface area contributed by atoms with Gasteiger partial charge in [-0.25, -0.2) is 0 Å². The third-order valence-electron chi connectivity index (χ3n) is 5.17. The van der Waals surface area contributed by atoms with Crippen LogP contribution in [0.25, 0.3) is 0 Å².